The fourth-order valence-corrected chi connectivity index (χ4v) is 3.91. The van der Waals surface area contributed by atoms with Crippen LogP contribution in [-0.2, 0) is 11.3 Å². The van der Waals surface area contributed by atoms with E-state index < -0.39 is 34.9 Å². The summed E-state index contributed by atoms with van der Waals surface area (Å²) >= 11 is 0. The number of fused-ring (bicyclic) bond motifs is 1. The number of anilines is 1. The topological polar surface area (TPSA) is 116 Å². The number of carbonyl (C=O) groups excluding carboxylic acids is 3. The SMILES string of the molecule is CN1CCN(Cc2ccc(NC(=O)CN3C(=O)c4cccc([N+](=O)[O-])c4C3=O)cc2)CC1. The van der Waals surface area contributed by atoms with Crippen LogP contribution < -0.4 is 5.32 Å². The number of nitro groups is 1. The lowest BCUT2D eigenvalue weighted by Crippen LogP contribution is -2.43. The average molecular weight is 437 g/mol. The molecule has 2 aliphatic rings. The van der Waals surface area contributed by atoms with Gasteiger partial charge in [0, 0.05) is 44.5 Å². The predicted molar refractivity (Wildman–Crippen MR) is 116 cm³/mol. The number of hydrogen-bond acceptors (Lipinski definition) is 7. The van der Waals surface area contributed by atoms with Gasteiger partial charge in [-0.1, -0.05) is 18.2 Å². The molecule has 10 heteroatoms. The Morgan fingerprint density at radius 3 is 2.38 bits per heavy atom. The number of nitro benzene ring substituents is 1. The highest BCUT2D eigenvalue weighted by Crippen LogP contribution is 2.30. The second-order valence-corrected chi connectivity index (χ2v) is 7.98. The molecule has 0 atom stereocenters. The number of piperazine rings is 1. The summed E-state index contributed by atoms with van der Waals surface area (Å²) in [5.74, 6) is -2.12. The lowest BCUT2D eigenvalue weighted by Gasteiger charge is -2.32. The number of benzene rings is 2. The normalized spacial score (nSPS) is 16.8. The van der Waals surface area contributed by atoms with Crippen molar-refractivity contribution in [1.82, 2.24) is 14.7 Å². The Morgan fingerprint density at radius 2 is 1.72 bits per heavy atom. The molecule has 10 nitrogen and oxygen atoms in total. The third kappa shape index (κ3) is 4.36. The third-order valence-corrected chi connectivity index (χ3v) is 5.72. The number of likely N-dealkylation sites (N-methyl/N-ethyl adjacent to an activating group) is 1. The molecule has 2 heterocycles. The predicted octanol–water partition coefficient (Wildman–Crippen LogP) is 1.58. The van der Waals surface area contributed by atoms with E-state index in [0.717, 1.165) is 49.3 Å². The maximum atomic E-state index is 12.6. The number of rotatable bonds is 6. The zero-order chi connectivity index (χ0) is 22.8. The number of imide groups is 1. The number of hydrogen-bond donors (Lipinski definition) is 1. The Kier molecular flexibility index (Phi) is 5.97. The Labute approximate surface area is 184 Å². The highest BCUT2D eigenvalue weighted by Gasteiger charge is 2.41. The van der Waals surface area contributed by atoms with Crippen molar-refractivity contribution in [3.8, 4) is 0 Å². The molecule has 166 valence electrons. The molecular formula is C22H23N5O5. The molecule has 0 aliphatic carbocycles. The molecule has 1 fully saturated rings. The Balaban J connectivity index is 1.37. The van der Waals surface area contributed by atoms with E-state index in [-0.39, 0.29) is 11.1 Å². The number of amides is 3. The van der Waals surface area contributed by atoms with E-state index in [0.29, 0.717) is 5.69 Å². The van der Waals surface area contributed by atoms with Crippen LogP contribution in [0, 0.1) is 10.1 Å². The maximum absolute atomic E-state index is 12.6. The van der Waals surface area contributed by atoms with Crippen LogP contribution in [0.4, 0.5) is 11.4 Å². The summed E-state index contributed by atoms with van der Waals surface area (Å²) in [6.07, 6.45) is 0. The van der Waals surface area contributed by atoms with Gasteiger partial charge < -0.3 is 10.2 Å². The summed E-state index contributed by atoms with van der Waals surface area (Å²) in [5.41, 5.74) is 0.883. The number of nitrogens with one attached hydrogen (secondary N) is 1. The van der Waals surface area contributed by atoms with E-state index in [1.807, 2.05) is 12.1 Å². The molecule has 0 aromatic heterocycles. The highest BCUT2D eigenvalue weighted by molar-refractivity contribution is 6.24. The molecule has 0 unspecified atom stereocenters. The molecule has 2 aromatic rings. The quantitative estimate of drug-likeness (QED) is 0.414. The molecule has 1 N–H and O–H groups in total. The van der Waals surface area contributed by atoms with Crippen molar-refractivity contribution in [3.63, 3.8) is 0 Å². The van der Waals surface area contributed by atoms with Crippen molar-refractivity contribution in [2.75, 3.05) is 45.1 Å². The van der Waals surface area contributed by atoms with Crippen LogP contribution in [-0.4, -0.2) is 77.1 Å². The first-order valence-electron chi connectivity index (χ1n) is 10.3. The van der Waals surface area contributed by atoms with E-state index in [2.05, 4.69) is 22.2 Å². The third-order valence-electron chi connectivity index (χ3n) is 5.72. The van der Waals surface area contributed by atoms with Gasteiger partial charge in [-0.15, -0.1) is 0 Å². The first-order valence-corrected chi connectivity index (χ1v) is 10.3. The van der Waals surface area contributed by atoms with E-state index in [1.165, 1.54) is 12.1 Å². The van der Waals surface area contributed by atoms with Crippen molar-refractivity contribution >= 4 is 29.1 Å². The van der Waals surface area contributed by atoms with Crippen LogP contribution in [0.1, 0.15) is 26.3 Å². The minimum absolute atomic E-state index is 0.0646. The fourth-order valence-electron chi connectivity index (χ4n) is 3.91. The second kappa shape index (κ2) is 8.85. The van der Waals surface area contributed by atoms with Crippen LogP contribution in [0.25, 0.3) is 0 Å². The van der Waals surface area contributed by atoms with Crippen LogP contribution >= 0.6 is 0 Å². The van der Waals surface area contributed by atoms with Crippen LogP contribution in [0.2, 0.25) is 0 Å². The van der Waals surface area contributed by atoms with Gasteiger partial charge >= 0.3 is 0 Å². The molecule has 3 amide bonds. The summed E-state index contributed by atoms with van der Waals surface area (Å²) in [5, 5.41) is 13.9. The molecule has 2 aromatic carbocycles. The molecule has 0 saturated carbocycles. The smallest absolute Gasteiger partial charge is 0.282 e. The van der Waals surface area contributed by atoms with E-state index in [1.54, 1.807) is 12.1 Å². The molecule has 1 saturated heterocycles. The molecule has 0 spiro atoms. The van der Waals surface area contributed by atoms with Crippen LogP contribution in [0.3, 0.4) is 0 Å². The van der Waals surface area contributed by atoms with E-state index >= 15 is 0 Å². The van der Waals surface area contributed by atoms with Gasteiger partial charge in [0.15, 0.2) is 0 Å². The standard InChI is InChI=1S/C22H23N5O5/c1-24-9-11-25(12-10-24)13-15-5-7-16(8-6-15)23-19(28)14-26-21(29)17-3-2-4-18(27(31)32)20(17)22(26)30/h2-8H,9-14H2,1H3,(H,23,28). The summed E-state index contributed by atoms with van der Waals surface area (Å²) in [4.78, 5) is 53.4. The summed E-state index contributed by atoms with van der Waals surface area (Å²) in [7, 11) is 2.11. The largest absolute Gasteiger partial charge is 0.325 e. The summed E-state index contributed by atoms with van der Waals surface area (Å²) < 4.78 is 0. The van der Waals surface area contributed by atoms with Gasteiger partial charge in [0.1, 0.15) is 12.1 Å². The van der Waals surface area contributed by atoms with Crippen molar-refractivity contribution in [2.24, 2.45) is 0 Å². The highest BCUT2D eigenvalue weighted by atomic mass is 16.6. The van der Waals surface area contributed by atoms with Crippen molar-refractivity contribution in [2.45, 2.75) is 6.54 Å². The Hall–Kier alpha value is -3.63. The average Bonchev–Trinajstić information content (AvgIpc) is 3.01. The van der Waals surface area contributed by atoms with Crippen molar-refractivity contribution in [3.05, 3.63) is 69.3 Å². The molecule has 32 heavy (non-hydrogen) atoms. The molecule has 0 bridgehead atoms. The van der Waals surface area contributed by atoms with Gasteiger partial charge in [0.05, 0.1) is 10.5 Å². The minimum atomic E-state index is -0.838. The molecule has 4 rings (SSSR count). The Morgan fingerprint density at radius 1 is 1.03 bits per heavy atom. The monoisotopic (exact) mass is 437 g/mol. The lowest BCUT2D eigenvalue weighted by molar-refractivity contribution is -0.385. The summed E-state index contributed by atoms with van der Waals surface area (Å²) in [6, 6.07) is 11.3. The molecule has 2 aliphatic heterocycles. The van der Waals surface area contributed by atoms with Gasteiger partial charge in [-0.05, 0) is 30.8 Å². The second-order valence-electron chi connectivity index (χ2n) is 7.98. The first kappa shape index (κ1) is 21.6. The van der Waals surface area contributed by atoms with Gasteiger partial charge in [0.25, 0.3) is 17.5 Å². The number of nitrogens with zero attached hydrogens (tertiary/aromatic N) is 4. The van der Waals surface area contributed by atoms with Crippen LogP contribution in [0.5, 0.6) is 0 Å². The zero-order valence-electron chi connectivity index (χ0n) is 17.6. The van der Waals surface area contributed by atoms with Gasteiger partial charge in [-0.3, -0.25) is 34.3 Å². The van der Waals surface area contributed by atoms with Gasteiger partial charge in [0.2, 0.25) is 5.91 Å². The van der Waals surface area contributed by atoms with E-state index in [4.69, 9.17) is 0 Å². The molecular weight excluding hydrogens is 414 g/mol. The van der Waals surface area contributed by atoms with Crippen molar-refractivity contribution < 1.29 is 19.3 Å². The molecule has 0 radical (unpaired) electrons. The lowest BCUT2D eigenvalue weighted by atomic mass is 10.1. The van der Waals surface area contributed by atoms with Crippen molar-refractivity contribution in [1.29, 1.82) is 0 Å². The van der Waals surface area contributed by atoms with Crippen LogP contribution in [0.15, 0.2) is 42.5 Å². The van der Waals surface area contributed by atoms with Gasteiger partial charge in [-0.25, -0.2) is 0 Å². The van der Waals surface area contributed by atoms with Gasteiger partial charge in [-0.2, -0.15) is 0 Å². The number of carbonyl (C=O) groups is 3. The maximum Gasteiger partial charge on any atom is 0.282 e. The minimum Gasteiger partial charge on any atom is -0.325 e. The zero-order valence-corrected chi connectivity index (χ0v) is 17.6. The van der Waals surface area contributed by atoms with E-state index in [9.17, 15) is 24.5 Å². The Bertz CT molecular complexity index is 1080. The summed E-state index contributed by atoms with van der Waals surface area (Å²) in [6.45, 7) is 4.40. The fraction of sp³-hybridized carbons (Fsp3) is 0.318. The first-order chi connectivity index (χ1) is 15.3.